The van der Waals surface area contributed by atoms with Crippen LogP contribution in [0.2, 0.25) is 0 Å². The monoisotopic (exact) mass is 236 g/mol. The van der Waals surface area contributed by atoms with Crippen LogP contribution in [0.4, 0.5) is 0 Å². The van der Waals surface area contributed by atoms with Crippen molar-refractivity contribution in [1.82, 2.24) is 0 Å². The summed E-state index contributed by atoms with van der Waals surface area (Å²) in [6.45, 7) is 11.7. The lowest BCUT2D eigenvalue weighted by atomic mass is 10.0. The van der Waals surface area contributed by atoms with E-state index in [9.17, 15) is 4.79 Å². The molecular formula is C15H24O2. The first-order valence-corrected chi connectivity index (χ1v) is 6.05. The molecule has 0 heterocycles. The second-order valence-corrected chi connectivity index (χ2v) is 4.44. The molecule has 96 valence electrons. The van der Waals surface area contributed by atoms with Gasteiger partial charge in [-0.1, -0.05) is 31.2 Å². The molecule has 0 bridgehead atoms. The van der Waals surface area contributed by atoms with Crippen molar-refractivity contribution in [2.24, 2.45) is 5.92 Å². The van der Waals surface area contributed by atoms with Crippen LogP contribution in [0, 0.1) is 5.92 Å². The lowest BCUT2D eigenvalue weighted by Gasteiger charge is -2.05. The summed E-state index contributed by atoms with van der Waals surface area (Å²) in [5, 5.41) is 0. The third-order valence-electron chi connectivity index (χ3n) is 2.81. The van der Waals surface area contributed by atoms with Gasteiger partial charge in [0.2, 0.25) is 0 Å². The second-order valence-electron chi connectivity index (χ2n) is 4.44. The maximum atomic E-state index is 11.1. The van der Waals surface area contributed by atoms with Gasteiger partial charge in [0, 0.05) is 5.57 Å². The Morgan fingerprint density at radius 1 is 1.41 bits per heavy atom. The fourth-order valence-corrected chi connectivity index (χ4v) is 1.41. The van der Waals surface area contributed by atoms with E-state index in [0.717, 1.165) is 19.3 Å². The van der Waals surface area contributed by atoms with E-state index in [-0.39, 0.29) is 5.97 Å². The Balaban J connectivity index is 3.89. The molecule has 0 saturated carbocycles. The average molecular weight is 236 g/mol. The minimum Gasteiger partial charge on any atom is -0.466 e. The summed E-state index contributed by atoms with van der Waals surface area (Å²) >= 11 is 0. The molecule has 1 unspecified atom stereocenters. The Labute approximate surface area is 105 Å². The molecule has 0 radical (unpaired) electrons. The first-order valence-electron chi connectivity index (χ1n) is 6.05. The van der Waals surface area contributed by atoms with Crippen molar-refractivity contribution in [1.29, 1.82) is 0 Å². The van der Waals surface area contributed by atoms with Gasteiger partial charge in [0.1, 0.15) is 0 Å². The molecule has 0 aromatic rings. The lowest BCUT2D eigenvalue weighted by molar-refractivity contribution is -0.136. The van der Waals surface area contributed by atoms with Gasteiger partial charge < -0.3 is 4.74 Å². The quantitative estimate of drug-likeness (QED) is 0.361. The van der Waals surface area contributed by atoms with Crippen molar-refractivity contribution >= 4 is 5.97 Å². The fraction of sp³-hybridized carbons (Fsp3) is 0.533. The highest BCUT2D eigenvalue weighted by molar-refractivity contribution is 5.87. The van der Waals surface area contributed by atoms with Crippen LogP contribution >= 0.6 is 0 Å². The third kappa shape index (κ3) is 7.56. The molecule has 2 nitrogen and oxygen atoms in total. The molecule has 0 aliphatic rings. The van der Waals surface area contributed by atoms with E-state index >= 15 is 0 Å². The lowest BCUT2D eigenvalue weighted by Crippen LogP contribution is -2.03. The second kappa shape index (κ2) is 8.80. The summed E-state index contributed by atoms with van der Waals surface area (Å²) in [5.41, 5.74) is 1.84. The topological polar surface area (TPSA) is 26.3 Å². The number of esters is 1. The molecule has 0 aromatic heterocycles. The normalized spacial score (nSPS) is 13.0. The summed E-state index contributed by atoms with van der Waals surface area (Å²) < 4.78 is 4.60. The van der Waals surface area contributed by atoms with Gasteiger partial charge in [-0.2, -0.15) is 0 Å². The maximum absolute atomic E-state index is 11.1. The summed E-state index contributed by atoms with van der Waals surface area (Å²) in [7, 11) is 1.38. The van der Waals surface area contributed by atoms with E-state index in [1.54, 1.807) is 0 Å². The number of allylic oxidation sites excluding steroid dienone is 3. The van der Waals surface area contributed by atoms with Gasteiger partial charge in [0.25, 0.3) is 0 Å². The van der Waals surface area contributed by atoms with Gasteiger partial charge >= 0.3 is 5.97 Å². The Hall–Kier alpha value is -1.31. The number of hydrogen-bond acceptors (Lipinski definition) is 2. The molecule has 0 aromatic carbocycles. The Morgan fingerprint density at radius 2 is 2.06 bits per heavy atom. The first-order chi connectivity index (χ1) is 8.01. The molecule has 17 heavy (non-hydrogen) atoms. The van der Waals surface area contributed by atoms with Crippen LogP contribution in [0.3, 0.4) is 0 Å². The zero-order valence-electron chi connectivity index (χ0n) is 11.3. The van der Waals surface area contributed by atoms with Crippen LogP contribution in [-0.2, 0) is 9.53 Å². The van der Waals surface area contributed by atoms with E-state index in [0.29, 0.717) is 17.9 Å². The summed E-state index contributed by atoms with van der Waals surface area (Å²) in [6.07, 6.45) is 7.93. The summed E-state index contributed by atoms with van der Waals surface area (Å²) in [4.78, 5) is 11.1. The largest absolute Gasteiger partial charge is 0.466 e. The molecule has 0 spiro atoms. The van der Waals surface area contributed by atoms with E-state index in [4.69, 9.17) is 0 Å². The molecule has 0 fully saturated rings. The molecule has 2 heteroatoms. The summed E-state index contributed by atoms with van der Waals surface area (Å²) in [5.74, 6) is 0.252. The van der Waals surface area contributed by atoms with Crippen LogP contribution in [0.15, 0.2) is 36.5 Å². The standard InChI is InChI=1S/C15H24O2/c1-6-12(2)8-7-9-13(3)10-11-14(4)15(16)17-5/h6,9,12H,1,4,7-8,10-11H2,2-3,5H3/b13-9+. The van der Waals surface area contributed by atoms with Gasteiger partial charge in [0.05, 0.1) is 7.11 Å². The Bertz CT molecular complexity index is 300. The van der Waals surface area contributed by atoms with Crippen molar-refractivity contribution in [2.45, 2.75) is 39.5 Å². The Morgan fingerprint density at radius 3 is 2.59 bits per heavy atom. The van der Waals surface area contributed by atoms with E-state index < -0.39 is 0 Å². The van der Waals surface area contributed by atoms with Gasteiger partial charge in [-0.05, 0) is 38.5 Å². The van der Waals surface area contributed by atoms with Crippen LogP contribution < -0.4 is 0 Å². The highest BCUT2D eigenvalue weighted by Gasteiger charge is 2.05. The summed E-state index contributed by atoms with van der Waals surface area (Å²) in [6, 6.07) is 0. The molecule has 0 saturated heterocycles. The van der Waals surface area contributed by atoms with Crippen LogP contribution in [0.5, 0.6) is 0 Å². The number of carbonyl (C=O) groups excluding carboxylic acids is 1. The minimum absolute atomic E-state index is 0.307. The maximum Gasteiger partial charge on any atom is 0.333 e. The molecular weight excluding hydrogens is 212 g/mol. The van der Waals surface area contributed by atoms with Crippen molar-refractivity contribution in [3.63, 3.8) is 0 Å². The zero-order valence-corrected chi connectivity index (χ0v) is 11.3. The molecule has 0 aliphatic heterocycles. The fourth-order valence-electron chi connectivity index (χ4n) is 1.41. The highest BCUT2D eigenvalue weighted by atomic mass is 16.5. The van der Waals surface area contributed by atoms with E-state index in [1.807, 2.05) is 6.08 Å². The molecule has 0 amide bonds. The minimum atomic E-state index is -0.307. The Kier molecular flexibility index (Phi) is 8.12. The predicted molar refractivity (Wildman–Crippen MR) is 72.7 cm³/mol. The first kappa shape index (κ1) is 15.7. The zero-order chi connectivity index (χ0) is 13.3. The number of ether oxygens (including phenoxy) is 1. The predicted octanol–water partition coefficient (Wildman–Crippen LogP) is 4.04. The SMILES string of the molecule is C=CC(C)CC/C=C(\C)CCC(=C)C(=O)OC. The van der Waals surface area contributed by atoms with Crippen molar-refractivity contribution in [3.8, 4) is 0 Å². The van der Waals surface area contributed by atoms with E-state index in [1.165, 1.54) is 12.7 Å². The van der Waals surface area contributed by atoms with Gasteiger partial charge in [-0.15, -0.1) is 6.58 Å². The smallest absolute Gasteiger partial charge is 0.333 e. The molecule has 0 rings (SSSR count). The number of rotatable bonds is 8. The average Bonchev–Trinajstić information content (AvgIpc) is 2.34. The van der Waals surface area contributed by atoms with Crippen molar-refractivity contribution < 1.29 is 9.53 Å². The van der Waals surface area contributed by atoms with Gasteiger partial charge in [0.15, 0.2) is 0 Å². The molecule has 1 atom stereocenters. The van der Waals surface area contributed by atoms with Crippen LogP contribution in [-0.4, -0.2) is 13.1 Å². The third-order valence-corrected chi connectivity index (χ3v) is 2.81. The number of hydrogen-bond donors (Lipinski definition) is 0. The number of carbonyl (C=O) groups is 1. The number of methoxy groups -OCH3 is 1. The van der Waals surface area contributed by atoms with E-state index in [2.05, 4.69) is 37.8 Å². The van der Waals surface area contributed by atoms with Crippen LogP contribution in [0.1, 0.15) is 39.5 Å². The van der Waals surface area contributed by atoms with Crippen molar-refractivity contribution in [3.05, 3.63) is 36.5 Å². The van der Waals surface area contributed by atoms with Crippen LogP contribution in [0.25, 0.3) is 0 Å². The highest BCUT2D eigenvalue weighted by Crippen LogP contribution is 2.14. The van der Waals surface area contributed by atoms with Crippen molar-refractivity contribution in [2.75, 3.05) is 7.11 Å². The van der Waals surface area contributed by atoms with Gasteiger partial charge in [-0.3, -0.25) is 0 Å². The molecule has 0 aliphatic carbocycles. The van der Waals surface area contributed by atoms with Gasteiger partial charge in [-0.25, -0.2) is 4.79 Å². The molecule has 0 N–H and O–H groups in total.